The van der Waals surface area contributed by atoms with Crippen molar-refractivity contribution in [3.05, 3.63) is 35.9 Å². The van der Waals surface area contributed by atoms with Crippen LogP contribution in [0.3, 0.4) is 0 Å². The van der Waals surface area contributed by atoms with Crippen LogP contribution in [-0.4, -0.2) is 72.8 Å². The highest BCUT2D eigenvalue weighted by atomic mass is 32.2. The summed E-state index contributed by atoms with van der Waals surface area (Å²) in [6.07, 6.45) is 2.25. The molecule has 0 radical (unpaired) electrons. The monoisotopic (exact) mass is 437 g/mol. The molecule has 10 heteroatoms. The van der Waals surface area contributed by atoms with Gasteiger partial charge in [-0.25, -0.2) is 17.9 Å². The van der Waals surface area contributed by atoms with Crippen molar-refractivity contribution in [3.63, 3.8) is 0 Å². The summed E-state index contributed by atoms with van der Waals surface area (Å²) in [7, 11) is -3.93. The van der Waals surface area contributed by atoms with E-state index in [-0.39, 0.29) is 24.6 Å². The van der Waals surface area contributed by atoms with Crippen molar-refractivity contribution in [2.75, 3.05) is 19.6 Å². The van der Waals surface area contributed by atoms with Crippen molar-refractivity contribution in [1.29, 1.82) is 0 Å². The summed E-state index contributed by atoms with van der Waals surface area (Å²) in [6.45, 7) is 1.39. The summed E-state index contributed by atoms with van der Waals surface area (Å²) in [5.74, 6) is -2.43. The smallest absolute Gasteiger partial charge is 0.326 e. The van der Waals surface area contributed by atoms with Crippen molar-refractivity contribution in [2.45, 2.75) is 49.9 Å². The van der Waals surface area contributed by atoms with Crippen molar-refractivity contribution in [3.8, 4) is 0 Å². The molecule has 2 amide bonds. The molecule has 0 spiro atoms. The molecule has 2 heterocycles. The number of benzene rings is 1. The largest absolute Gasteiger partial charge is 0.480 e. The van der Waals surface area contributed by atoms with Gasteiger partial charge in [-0.15, -0.1) is 0 Å². The molecule has 2 saturated heterocycles. The number of sulfonamides is 1. The molecule has 0 aromatic heterocycles. The highest BCUT2D eigenvalue weighted by Crippen LogP contribution is 2.20. The van der Waals surface area contributed by atoms with Crippen LogP contribution in [0.4, 0.5) is 0 Å². The molecule has 9 nitrogen and oxygen atoms in total. The van der Waals surface area contributed by atoms with Crippen LogP contribution >= 0.6 is 0 Å². The van der Waals surface area contributed by atoms with Gasteiger partial charge in [0.2, 0.25) is 21.8 Å². The third kappa shape index (κ3) is 5.57. The number of carbonyl (C=O) groups is 3. The lowest BCUT2D eigenvalue weighted by Gasteiger charge is -2.28. The third-order valence-electron chi connectivity index (χ3n) is 5.48. The van der Waals surface area contributed by atoms with Crippen molar-refractivity contribution in [1.82, 2.24) is 14.5 Å². The van der Waals surface area contributed by atoms with Gasteiger partial charge >= 0.3 is 5.97 Å². The summed E-state index contributed by atoms with van der Waals surface area (Å²) in [4.78, 5) is 40.0. The molecular weight excluding hydrogens is 410 g/mol. The van der Waals surface area contributed by atoms with Gasteiger partial charge < -0.3 is 14.9 Å². The molecule has 0 aliphatic carbocycles. The predicted octanol–water partition coefficient (Wildman–Crippen LogP) is 0.563. The summed E-state index contributed by atoms with van der Waals surface area (Å²) in [5, 5.41) is 9.39. The van der Waals surface area contributed by atoms with Crippen LogP contribution < -0.4 is 4.72 Å². The first kappa shape index (κ1) is 22.2. The van der Waals surface area contributed by atoms with Crippen LogP contribution in [0.5, 0.6) is 0 Å². The standard InChI is InChI=1S/C20H27N3O6S/c24-18(22-10-4-5-11-22)13-16(19(25)23-12-6-9-17(23)20(26)27)21-30(28,29)14-15-7-2-1-3-8-15/h1-3,7-8,16-17,21H,4-6,9-14H2,(H,26,27)/t16-,17+/m1/s1. The van der Waals surface area contributed by atoms with E-state index in [1.165, 1.54) is 4.90 Å². The van der Waals surface area contributed by atoms with Crippen LogP contribution in [0.2, 0.25) is 0 Å². The first-order valence-corrected chi connectivity index (χ1v) is 11.8. The number of hydrogen-bond acceptors (Lipinski definition) is 5. The molecule has 1 aromatic carbocycles. The number of nitrogens with one attached hydrogen (secondary N) is 1. The molecule has 0 saturated carbocycles. The Balaban J connectivity index is 1.78. The number of hydrogen-bond donors (Lipinski definition) is 2. The molecule has 1 aromatic rings. The van der Waals surface area contributed by atoms with E-state index in [0.29, 0.717) is 31.5 Å². The maximum Gasteiger partial charge on any atom is 0.326 e. The van der Waals surface area contributed by atoms with Crippen molar-refractivity contribution >= 4 is 27.8 Å². The summed E-state index contributed by atoms with van der Waals surface area (Å²) in [6, 6.07) is 6.19. The van der Waals surface area contributed by atoms with E-state index in [9.17, 15) is 27.9 Å². The zero-order valence-corrected chi connectivity index (χ0v) is 17.5. The van der Waals surface area contributed by atoms with Gasteiger partial charge in [-0.2, -0.15) is 0 Å². The fourth-order valence-electron chi connectivity index (χ4n) is 3.99. The molecule has 2 fully saturated rings. The van der Waals surface area contributed by atoms with Crippen LogP contribution in [0.25, 0.3) is 0 Å². The SMILES string of the molecule is O=C(O)[C@@H]1CCCN1C(=O)[C@@H](CC(=O)N1CCCC1)NS(=O)(=O)Cc1ccccc1. The normalized spacial score (nSPS) is 20.3. The molecule has 164 valence electrons. The number of carboxylic acids is 1. The fourth-order valence-corrected chi connectivity index (χ4v) is 5.32. The summed E-state index contributed by atoms with van der Waals surface area (Å²) < 4.78 is 27.8. The maximum absolute atomic E-state index is 13.1. The Bertz CT molecular complexity index is 883. The topological polar surface area (TPSA) is 124 Å². The van der Waals surface area contributed by atoms with Crippen LogP contribution in [0.1, 0.15) is 37.7 Å². The lowest BCUT2D eigenvalue weighted by atomic mass is 10.1. The number of aliphatic carboxylic acids is 1. The molecule has 2 aliphatic heterocycles. The average Bonchev–Trinajstić information content (AvgIpc) is 3.39. The number of amides is 2. The number of carbonyl (C=O) groups excluding carboxylic acids is 2. The Hall–Kier alpha value is -2.46. The quantitative estimate of drug-likeness (QED) is 0.613. The molecule has 2 aliphatic rings. The minimum Gasteiger partial charge on any atom is -0.480 e. The third-order valence-corrected chi connectivity index (χ3v) is 6.83. The number of rotatable bonds is 8. The van der Waals surface area contributed by atoms with Crippen LogP contribution in [0.15, 0.2) is 30.3 Å². The molecule has 0 unspecified atom stereocenters. The molecule has 0 bridgehead atoms. The molecule has 2 N–H and O–H groups in total. The van der Waals surface area contributed by atoms with E-state index in [1.54, 1.807) is 35.2 Å². The van der Waals surface area contributed by atoms with Gasteiger partial charge in [0, 0.05) is 19.6 Å². The predicted molar refractivity (Wildman–Crippen MR) is 109 cm³/mol. The minimum absolute atomic E-state index is 0.227. The van der Waals surface area contributed by atoms with E-state index in [2.05, 4.69) is 4.72 Å². The van der Waals surface area contributed by atoms with E-state index in [0.717, 1.165) is 12.8 Å². The van der Waals surface area contributed by atoms with Crippen LogP contribution in [-0.2, 0) is 30.2 Å². The van der Waals surface area contributed by atoms with E-state index in [4.69, 9.17) is 0 Å². The second-order valence-corrected chi connectivity index (χ2v) is 9.49. The Morgan fingerprint density at radius 2 is 1.73 bits per heavy atom. The Kier molecular flexibility index (Phi) is 7.09. The lowest BCUT2D eigenvalue weighted by molar-refractivity contribution is -0.149. The lowest BCUT2D eigenvalue weighted by Crippen LogP contribution is -2.53. The van der Waals surface area contributed by atoms with E-state index < -0.39 is 34.0 Å². The molecule has 30 heavy (non-hydrogen) atoms. The Morgan fingerprint density at radius 1 is 1.07 bits per heavy atom. The Labute approximate surface area is 176 Å². The first-order valence-electron chi connectivity index (χ1n) is 10.1. The van der Waals surface area contributed by atoms with Gasteiger partial charge in [0.1, 0.15) is 12.1 Å². The number of likely N-dealkylation sites (tertiary alicyclic amines) is 2. The minimum atomic E-state index is -3.93. The zero-order chi connectivity index (χ0) is 21.7. The molecular formula is C20H27N3O6S. The van der Waals surface area contributed by atoms with Gasteiger partial charge in [-0.3, -0.25) is 9.59 Å². The Morgan fingerprint density at radius 3 is 2.37 bits per heavy atom. The van der Waals surface area contributed by atoms with Gasteiger partial charge in [0.05, 0.1) is 12.2 Å². The molecule has 2 atom stereocenters. The molecule has 3 rings (SSSR count). The fraction of sp³-hybridized carbons (Fsp3) is 0.550. The summed E-state index contributed by atoms with van der Waals surface area (Å²) in [5.41, 5.74) is 0.548. The van der Waals surface area contributed by atoms with Gasteiger partial charge in [0.15, 0.2) is 0 Å². The number of carboxylic acid groups (broad SMARTS) is 1. The van der Waals surface area contributed by atoms with E-state index >= 15 is 0 Å². The first-order chi connectivity index (χ1) is 14.3. The van der Waals surface area contributed by atoms with Gasteiger partial charge in [0.25, 0.3) is 0 Å². The van der Waals surface area contributed by atoms with Crippen LogP contribution in [0, 0.1) is 0 Å². The average molecular weight is 438 g/mol. The second-order valence-electron chi connectivity index (χ2n) is 7.74. The van der Waals surface area contributed by atoms with Crippen molar-refractivity contribution in [2.24, 2.45) is 0 Å². The number of nitrogens with zero attached hydrogens (tertiary/aromatic N) is 2. The maximum atomic E-state index is 13.1. The van der Waals surface area contributed by atoms with Gasteiger partial charge in [-0.1, -0.05) is 30.3 Å². The highest BCUT2D eigenvalue weighted by Gasteiger charge is 2.39. The zero-order valence-electron chi connectivity index (χ0n) is 16.7. The highest BCUT2D eigenvalue weighted by molar-refractivity contribution is 7.88. The summed E-state index contributed by atoms with van der Waals surface area (Å²) >= 11 is 0. The van der Waals surface area contributed by atoms with Crippen molar-refractivity contribution < 1.29 is 27.9 Å². The van der Waals surface area contributed by atoms with Gasteiger partial charge in [-0.05, 0) is 31.2 Å². The second kappa shape index (κ2) is 9.57. The van der Waals surface area contributed by atoms with E-state index in [1.807, 2.05) is 0 Å².